The topological polar surface area (TPSA) is 128 Å². The van der Waals surface area contributed by atoms with Crippen molar-refractivity contribution in [3.8, 4) is 0 Å². The van der Waals surface area contributed by atoms with Crippen molar-refractivity contribution >= 4 is 11.9 Å². The predicted molar refractivity (Wildman–Crippen MR) is 252 cm³/mol. The molecule has 0 spiro atoms. The van der Waals surface area contributed by atoms with Gasteiger partial charge in [0.15, 0.2) is 0 Å². The fraction of sp³-hybridized carbons (Fsp3) is 0.961. The molecule has 0 radical (unpaired) electrons. The van der Waals surface area contributed by atoms with Crippen LogP contribution in [0.15, 0.2) is 0 Å². The Kier molecular flexibility index (Phi) is 49.6. The molecule has 0 aromatic heterocycles. The molecule has 11 heteroatoms. The van der Waals surface area contributed by atoms with Gasteiger partial charge in [0.05, 0.1) is 79.3 Å². The summed E-state index contributed by atoms with van der Waals surface area (Å²) in [6.45, 7) is 15.5. The van der Waals surface area contributed by atoms with Crippen molar-refractivity contribution in [3.63, 3.8) is 0 Å². The van der Waals surface area contributed by atoms with Crippen LogP contribution in [0.4, 0.5) is 0 Å². The van der Waals surface area contributed by atoms with Crippen LogP contribution in [0.1, 0.15) is 207 Å². The van der Waals surface area contributed by atoms with E-state index in [-0.39, 0.29) is 24.6 Å². The molecule has 1 N–H and O–H groups in total. The molecule has 0 heterocycles. The van der Waals surface area contributed by atoms with Gasteiger partial charge in [0, 0.05) is 26.1 Å². The smallest absolute Gasteiger partial charge is 0.305 e. The summed E-state index contributed by atoms with van der Waals surface area (Å²) in [7, 11) is 0. The lowest BCUT2D eigenvalue weighted by molar-refractivity contribution is -0.146. The van der Waals surface area contributed by atoms with Crippen molar-refractivity contribution in [3.05, 3.63) is 0 Å². The maximum Gasteiger partial charge on any atom is 0.305 e. The van der Waals surface area contributed by atoms with Crippen molar-refractivity contribution in [2.45, 2.75) is 214 Å². The Hall–Kier alpha value is -1.34. The molecule has 0 fully saturated rings. The molecule has 0 aliphatic carbocycles. The first kappa shape index (κ1) is 60.7. The maximum atomic E-state index is 12.4. The highest BCUT2D eigenvalue weighted by Crippen LogP contribution is 2.20. The van der Waals surface area contributed by atoms with Gasteiger partial charge in [-0.15, -0.1) is 0 Å². The van der Waals surface area contributed by atoms with Crippen molar-refractivity contribution in [1.29, 1.82) is 0 Å². The minimum atomic E-state index is -0.149. The molecule has 2 atom stereocenters. The standard InChI is InChI=1S/C51H100O11/c1-5-9-13-22-30-47(27-12-8-4)43-61-50(53)31-23-16-14-18-25-34-58-45-49(46-59-42-41-57-40-39-56-38-37-55-36-33-52)60-35-26-19-15-17-24-32-51(54)62-44-48(28-20-10-6-2)29-21-11-7-3/h47-49,52H,5-46H2,1-4H3. The maximum absolute atomic E-state index is 12.4. The first-order valence-corrected chi connectivity index (χ1v) is 25.9. The third kappa shape index (κ3) is 45.2. The molecular weight excluding hydrogens is 789 g/mol. The van der Waals surface area contributed by atoms with Gasteiger partial charge >= 0.3 is 11.9 Å². The van der Waals surface area contributed by atoms with Gasteiger partial charge in [-0.3, -0.25) is 9.59 Å². The molecule has 2 unspecified atom stereocenters. The molecule has 11 nitrogen and oxygen atoms in total. The van der Waals surface area contributed by atoms with Crippen LogP contribution in [0.5, 0.6) is 0 Å². The summed E-state index contributed by atoms with van der Waals surface area (Å²) >= 11 is 0. The van der Waals surface area contributed by atoms with E-state index in [0.29, 0.717) is 111 Å². The zero-order valence-electron chi connectivity index (χ0n) is 41.0. The van der Waals surface area contributed by atoms with Gasteiger partial charge < -0.3 is 43.0 Å². The van der Waals surface area contributed by atoms with Gasteiger partial charge in [0.2, 0.25) is 0 Å². The first-order chi connectivity index (χ1) is 30.5. The molecule has 0 rings (SSSR count). The summed E-state index contributed by atoms with van der Waals surface area (Å²) in [4.78, 5) is 24.9. The Labute approximate surface area is 381 Å². The van der Waals surface area contributed by atoms with E-state index in [0.717, 1.165) is 70.6 Å². The monoisotopic (exact) mass is 889 g/mol. The Morgan fingerprint density at radius 3 is 1.24 bits per heavy atom. The fourth-order valence-corrected chi connectivity index (χ4v) is 7.36. The van der Waals surface area contributed by atoms with Crippen molar-refractivity contribution < 1.29 is 52.6 Å². The number of aliphatic hydroxyl groups is 1. The number of unbranched alkanes of at least 4 members (excludes halogenated alkanes) is 16. The average Bonchev–Trinajstić information content (AvgIpc) is 3.27. The van der Waals surface area contributed by atoms with E-state index < -0.39 is 0 Å². The predicted octanol–water partition coefficient (Wildman–Crippen LogP) is 11.8. The molecule has 0 saturated carbocycles. The average molecular weight is 889 g/mol. The van der Waals surface area contributed by atoms with E-state index in [4.69, 9.17) is 43.0 Å². The quantitative estimate of drug-likeness (QED) is 0.0463. The van der Waals surface area contributed by atoms with Gasteiger partial charge in [0.1, 0.15) is 6.10 Å². The number of carbonyl (C=O) groups excluding carboxylic acids is 2. The van der Waals surface area contributed by atoms with Gasteiger partial charge in [-0.05, 0) is 63.2 Å². The highest BCUT2D eigenvalue weighted by Gasteiger charge is 2.14. The van der Waals surface area contributed by atoms with Crippen molar-refractivity contribution in [2.75, 3.05) is 92.5 Å². The van der Waals surface area contributed by atoms with Crippen molar-refractivity contribution in [2.24, 2.45) is 11.8 Å². The van der Waals surface area contributed by atoms with Crippen LogP contribution in [-0.4, -0.2) is 116 Å². The Morgan fingerprint density at radius 2 is 0.742 bits per heavy atom. The number of hydrogen-bond acceptors (Lipinski definition) is 11. The zero-order chi connectivity index (χ0) is 45.2. The number of carbonyl (C=O) groups is 2. The second-order valence-corrected chi connectivity index (χ2v) is 17.3. The van der Waals surface area contributed by atoms with Gasteiger partial charge in [-0.2, -0.15) is 0 Å². The molecule has 0 aromatic carbocycles. The number of ether oxygens (including phenoxy) is 8. The summed E-state index contributed by atoms with van der Waals surface area (Å²) in [6, 6.07) is 0. The van der Waals surface area contributed by atoms with E-state index in [1.807, 2.05) is 0 Å². The summed E-state index contributed by atoms with van der Waals surface area (Å²) in [6.07, 6.45) is 30.4. The van der Waals surface area contributed by atoms with Crippen LogP contribution >= 0.6 is 0 Å². The van der Waals surface area contributed by atoms with E-state index in [2.05, 4.69) is 27.7 Å². The van der Waals surface area contributed by atoms with Gasteiger partial charge in [-0.25, -0.2) is 0 Å². The van der Waals surface area contributed by atoms with Crippen LogP contribution in [0, 0.1) is 11.8 Å². The molecule has 370 valence electrons. The van der Waals surface area contributed by atoms with E-state index in [1.165, 1.54) is 96.3 Å². The Morgan fingerprint density at radius 1 is 0.371 bits per heavy atom. The molecule has 62 heavy (non-hydrogen) atoms. The van der Waals surface area contributed by atoms with Crippen LogP contribution in [0.25, 0.3) is 0 Å². The number of esters is 2. The summed E-state index contributed by atoms with van der Waals surface area (Å²) in [5.41, 5.74) is 0. The highest BCUT2D eigenvalue weighted by atomic mass is 16.6. The zero-order valence-corrected chi connectivity index (χ0v) is 41.0. The molecule has 0 aromatic rings. The minimum Gasteiger partial charge on any atom is -0.465 e. The number of hydrogen-bond donors (Lipinski definition) is 1. The lowest BCUT2D eigenvalue weighted by atomic mass is 9.96. The molecule has 0 saturated heterocycles. The minimum absolute atomic E-state index is 0.0156. The lowest BCUT2D eigenvalue weighted by Gasteiger charge is -2.18. The van der Waals surface area contributed by atoms with Gasteiger partial charge in [-0.1, -0.05) is 143 Å². The second-order valence-electron chi connectivity index (χ2n) is 17.3. The van der Waals surface area contributed by atoms with Crippen LogP contribution in [0.3, 0.4) is 0 Å². The largest absolute Gasteiger partial charge is 0.465 e. The SMILES string of the molecule is CCCCCCC(CCCC)COC(=O)CCCCCCCOCC(COCCOCCOCCOCCO)OCCCCCCCC(=O)OCC(CCCCC)CCCCC. The van der Waals surface area contributed by atoms with Crippen LogP contribution < -0.4 is 0 Å². The summed E-state index contributed by atoms with van der Waals surface area (Å²) in [5.74, 6) is 0.933. The van der Waals surface area contributed by atoms with E-state index in [9.17, 15) is 9.59 Å². The molecule has 0 aliphatic heterocycles. The molecular formula is C51H100O11. The molecule has 0 amide bonds. The van der Waals surface area contributed by atoms with Crippen LogP contribution in [-0.2, 0) is 47.5 Å². The highest BCUT2D eigenvalue weighted by molar-refractivity contribution is 5.69. The van der Waals surface area contributed by atoms with Crippen LogP contribution in [0.2, 0.25) is 0 Å². The first-order valence-electron chi connectivity index (χ1n) is 25.9. The second kappa shape index (κ2) is 50.7. The Balaban J connectivity index is 4.35. The third-order valence-corrected chi connectivity index (χ3v) is 11.3. The summed E-state index contributed by atoms with van der Waals surface area (Å²) < 4.78 is 45.8. The van der Waals surface area contributed by atoms with Crippen molar-refractivity contribution in [1.82, 2.24) is 0 Å². The Bertz CT molecular complexity index is 897. The third-order valence-electron chi connectivity index (χ3n) is 11.3. The number of rotatable bonds is 52. The lowest BCUT2D eigenvalue weighted by Crippen LogP contribution is -2.27. The number of aliphatic hydroxyl groups excluding tert-OH is 1. The van der Waals surface area contributed by atoms with E-state index in [1.54, 1.807) is 0 Å². The normalized spacial score (nSPS) is 12.6. The summed E-state index contributed by atoms with van der Waals surface area (Å²) in [5, 5.41) is 8.75. The van der Waals surface area contributed by atoms with Gasteiger partial charge in [0.25, 0.3) is 0 Å². The molecule has 0 aliphatic rings. The fourth-order valence-electron chi connectivity index (χ4n) is 7.36. The van der Waals surface area contributed by atoms with E-state index >= 15 is 0 Å². The molecule has 0 bridgehead atoms.